The van der Waals surface area contributed by atoms with Gasteiger partial charge in [0, 0.05) is 38.8 Å². The normalized spacial score (nSPS) is 10.3. The van der Waals surface area contributed by atoms with Gasteiger partial charge in [0.15, 0.2) is 5.75 Å². The van der Waals surface area contributed by atoms with E-state index in [1.807, 2.05) is 6.92 Å². The molecule has 0 bridgehead atoms. The summed E-state index contributed by atoms with van der Waals surface area (Å²) in [6, 6.07) is 1.30. The van der Waals surface area contributed by atoms with Crippen molar-refractivity contribution in [2.45, 2.75) is 26.8 Å². The van der Waals surface area contributed by atoms with Crippen molar-refractivity contribution >= 4 is 5.91 Å². The first-order chi connectivity index (χ1) is 7.97. The maximum absolute atomic E-state index is 11.6. The van der Waals surface area contributed by atoms with Crippen molar-refractivity contribution in [3.05, 3.63) is 28.2 Å². The van der Waals surface area contributed by atoms with Crippen LogP contribution < -0.4 is 5.43 Å². The van der Waals surface area contributed by atoms with E-state index in [1.54, 1.807) is 29.6 Å². The number of carbonyl (C=O) groups excluding carboxylic acids is 1. The molecule has 0 fully saturated rings. The molecule has 0 aromatic carbocycles. The van der Waals surface area contributed by atoms with Crippen LogP contribution in [0.4, 0.5) is 0 Å². The smallest absolute Gasteiger partial charge is 0.224 e. The van der Waals surface area contributed by atoms with Crippen LogP contribution in [0.5, 0.6) is 5.75 Å². The predicted octanol–water partition coefficient (Wildman–Crippen LogP) is 0.731. The molecule has 5 nitrogen and oxygen atoms in total. The molecule has 0 aliphatic carbocycles. The van der Waals surface area contributed by atoms with Gasteiger partial charge in [-0.05, 0) is 13.8 Å². The van der Waals surface area contributed by atoms with Gasteiger partial charge < -0.3 is 14.6 Å². The molecule has 5 heteroatoms. The number of rotatable bonds is 4. The Morgan fingerprint density at radius 2 is 2.18 bits per heavy atom. The number of hydrogen-bond donors (Lipinski definition) is 1. The molecule has 1 N–H and O–H groups in total. The molecule has 94 valence electrons. The summed E-state index contributed by atoms with van der Waals surface area (Å²) in [6.07, 6.45) is 1.95. The summed E-state index contributed by atoms with van der Waals surface area (Å²) >= 11 is 0. The summed E-state index contributed by atoms with van der Waals surface area (Å²) in [6.45, 7) is 4.70. The van der Waals surface area contributed by atoms with Crippen LogP contribution in [-0.2, 0) is 11.3 Å². The van der Waals surface area contributed by atoms with Gasteiger partial charge in [-0.1, -0.05) is 0 Å². The van der Waals surface area contributed by atoms with Crippen LogP contribution in [0, 0.1) is 6.92 Å². The molecular formula is C12H18N2O3. The van der Waals surface area contributed by atoms with Crippen molar-refractivity contribution in [2.24, 2.45) is 0 Å². The molecule has 1 heterocycles. The Morgan fingerprint density at radius 3 is 2.76 bits per heavy atom. The van der Waals surface area contributed by atoms with E-state index in [1.165, 1.54) is 6.07 Å². The van der Waals surface area contributed by atoms with E-state index in [2.05, 4.69) is 0 Å². The van der Waals surface area contributed by atoms with Crippen molar-refractivity contribution in [2.75, 3.05) is 13.6 Å². The average Bonchev–Trinajstić information content (AvgIpc) is 2.33. The maximum atomic E-state index is 11.6. The Balaban J connectivity index is 2.74. The first kappa shape index (κ1) is 13.3. The molecule has 0 unspecified atom stereocenters. The van der Waals surface area contributed by atoms with Crippen LogP contribution in [0.3, 0.4) is 0 Å². The molecule has 0 aliphatic heterocycles. The monoisotopic (exact) mass is 238 g/mol. The molecule has 17 heavy (non-hydrogen) atoms. The Hall–Kier alpha value is -1.78. The number of carbonyl (C=O) groups is 1. The molecule has 1 aromatic rings. The SMILES string of the molecule is CCN(C)C(=O)CCn1ccc(=O)c(O)c1C. The molecule has 1 amide bonds. The third kappa shape index (κ3) is 3.09. The minimum Gasteiger partial charge on any atom is -0.503 e. The van der Waals surface area contributed by atoms with Gasteiger partial charge in [0.2, 0.25) is 11.3 Å². The van der Waals surface area contributed by atoms with E-state index in [9.17, 15) is 14.7 Å². The number of nitrogens with zero attached hydrogens (tertiary/aromatic N) is 2. The fraction of sp³-hybridized carbons (Fsp3) is 0.500. The van der Waals surface area contributed by atoms with E-state index in [-0.39, 0.29) is 11.7 Å². The van der Waals surface area contributed by atoms with Crippen LogP contribution in [0.25, 0.3) is 0 Å². The lowest BCUT2D eigenvalue weighted by Gasteiger charge is -2.16. The van der Waals surface area contributed by atoms with Crippen molar-refractivity contribution in [3.8, 4) is 5.75 Å². The standard InChI is InChI=1S/C12H18N2O3/c1-4-13(3)11(16)6-8-14-7-5-10(15)12(17)9(14)2/h5,7,17H,4,6,8H2,1-3H3. The van der Waals surface area contributed by atoms with Gasteiger partial charge in [-0.2, -0.15) is 0 Å². The van der Waals surface area contributed by atoms with Gasteiger partial charge in [-0.25, -0.2) is 0 Å². The molecule has 0 spiro atoms. The average molecular weight is 238 g/mol. The topological polar surface area (TPSA) is 62.5 Å². The summed E-state index contributed by atoms with van der Waals surface area (Å²) < 4.78 is 1.71. The largest absolute Gasteiger partial charge is 0.503 e. The summed E-state index contributed by atoms with van der Waals surface area (Å²) in [5.74, 6) is -0.200. The molecule has 1 aromatic heterocycles. The summed E-state index contributed by atoms with van der Waals surface area (Å²) in [5.41, 5.74) is 0.0974. The van der Waals surface area contributed by atoms with Gasteiger partial charge >= 0.3 is 0 Å². The highest BCUT2D eigenvalue weighted by molar-refractivity contribution is 5.75. The molecule has 0 atom stereocenters. The first-order valence-corrected chi connectivity index (χ1v) is 5.60. The van der Waals surface area contributed by atoms with Gasteiger partial charge in [-0.3, -0.25) is 9.59 Å². The Labute approximate surface area is 100 Å². The van der Waals surface area contributed by atoms with Crippen molar-refractivity contribution in [3.63, 3.8) is 0 Å². The lowest BCUT2D eigenvalue weighted by Crippen LogP contribution is -2.27. The highest BCUT2D eigenvalue weighted by atomic mass is 16.3. The number of aryl methyl sites for hydroxylation is 1. The minimum absolute atomic E-state index is 0.0464. The summed E-state index contributed by atoms with van der Waals surface area (Å²) in [5, 5.41) is 9.48. The third-order valence-corrected chi connectivity index (χ3v) is 2.88. The van der Waals surface area contributed by atoms with Crippen molar-refractivity contribution < 1.29 is 9.90 Å². The lowest BCUT2D eigenvalue weighted by molar-refractivity contribution is -0.129. The third-order valence-electron chi connectivity index (χ3n) is 2.88. The van der Waals surface area contributed by atoms with Crippen molar-refractivity contribution in [1.29, 1.82) is 0 Å². The van der Waals surface area contributed by atoms with Crippen LogP contribution in [0.1, 0.15) is 19.0 Å². The highest BCUT2D eigenvalue weighted by Crippen LogP contribution is 2.09. The first-order valence-electron chi connectivity index (χ1n) is 5.60. The second-order valence-electron chi connectivity index (χ2n) is 3.97. The molecule has 1 rings (SSSR count). The van der Waals surface area contributed by atoms with Gasteiger partial charge in [0.1, 0.15) is 0 Å². The highest BCUT2D eigenvalue weighted by Gasteiger charge is 2.09. The van der Waals surface area contributed by atoms with Crippen LogP contribution in [0.2, 0.25) is 0 Å². The van der Waals surface area contributed by atoms with Gasteiger partial charge in [-0.15, -0.1) is 0 Å². The van der Waals surface area contributed by atoms with Gasteiger partial charge in [0.25, 0.3) is 0 Å². The second kappa shape index (κ2) is 5.52. The van der Waals surface area contributed by atoms with E-state index in [0.29, 0.717) is 25.2 Å². The zero-order valence-electron chi connectivity index (χ0n) is 10.4. The number of aromatic hydroxyl groups is 1. The van der Waals surface area contributed by atoms with E-state index < -0.39 is 5.43 Å². The Morgan fingerprint density at radius 1 is 1.53 bits per heavy atom. The molecule has 0 saturated carbocycles. The Kier molecular flexibility index (Phi) is 4.31. The second-order valence-corrected chi connectivity index (χ2v) is 3.97. The zero-order chi connectivity index (χ0) is 13.0. The lowest BCUT2D eigenvalue weighted by atomic mass is 10.3. The van der Waals surface area contributed by atoms with Crippen LogP contribution in [0.15, 0.2) is 17.1 Å². The van der Waals surface area contributed by atoms with Crippen molar-refractivity contribution in [1.82, 2.24) is 9.47 Å². The Bertz CT molecular complexity index is 465. The molecule has 0 aliphatic rings. The van der Waals surface area contributed by atoms with E-state index in [0.717, 1.165) is 0 Å². The minimum atomic E-state index is -0.393. The number of hydrogen-bond acceptors (Lipinski definition) is 3. The predicted molar refractivity (Wildman–Crippen MR) is 65.0 cm³/mol. The summed E-state index contributed by atoms with van der Waals surface area (Å²) in [7, 11) is 1.75. The number of aromatic nitrogens is 1. The quantitative estimate of drug-likeness (QED) is 0.841. The number of pyridine rings is 1. The fourth-order valence-corrected chi connectivity index (χ4v) is 1.49. The maximum Gasteiger partial charge on any atom is 0.224 e. The van der Waals surface area contributed by atoms with Gasteiger partial charge in [0.05, 0.1) is 5.69 Å². The molecular weight excluding hydrogens is 220 g/mol. The fourth-order valence-electron chi connectivity index (χ4n) is 1.49. The van der Waals surface area contributed by atoms with E-state index >= 15 is 0 Å². The molecule has 0 radical (unpaired) electrons. The zero-order valence-corrected chi connectivity index (χ0v) is 10.4. The van der Waals surface area contributed by atoms with Crippen LogP contribution >= 0.6 is 0 Å². The summed E-state index contributed by atoms with van der Waals surface area (Å²) in [4.78, 5) is 24.4. The number of amides is 1. The van der Waals surface area contributed by atoms with Crippen LogP contribution in [-0.4, -0.2) is 34.1 Å². The molecule has 0 saturated heterocycles. The van der Waals surface area contributed by atoms with E-state index in [4.69, 9.17) is 0 Å².